The van der Waals surface area contributed by atoms with Gasteiger partial charge in [-0.1, -0.05) is 0 Å². The second-order valence-electron chi connectivity index (χ2n) is 2.82. The summed E-state index contributed by atoms with van der Waals surface area (Å²) in [5.74, 6) is -1.42. The largest absolute Gasteiger partial charge is 0.464 e. The molecule has 0 bridgehead atoms. The fraction of sp³-hybridized carbons (Fsp3) is 0.750. The van der Waals surface area contributed by atoms with Gasteiger partial charge in [-0.3, -0.25) is 4.79 Å². The molecule has 6 nitrogen and oxygen atoms in total. The van der Waals surface area contributed by atoms with Crippen LogP contribution < -0.4 is 11.1 Å². The highest BCUT2D eigenvalue weighted by atomic mass is 16.5. The number of hydrogen-bond donors (Lipinski definition) is 3. The van der Waals surface area contributed by atoms with Crippen LogP contribution in [-0.4, -0.2) is 42.3 Å². The number of carbonyl (C=O) groups excluding carboxylic acids is 2. The molecule has 1 amide bonds. The highest BCUT2D eigenvalue weighted by Gasteiger charge is 2.22. The Morgan fingerprint density at radius 1 is 1.57 bits per heavy atom. The van der Waals surface area contributed by atoms with Gasteiger partial charge < -0.3 is 20.9 Å². The zero-order valence-corrected chi connectivity index (χ0v) is 8.32. The van der Waals surface area contributed by atoms with Crippen LogP contribution in [-0.2, 0) is 14.3 Å². The van der Waals surface area contributed by atoms with Crippen LogP contribution in [0, 0.1) is 0 Å². The monoisotopic (exact) mass is 204 g/mol. The summed E-state index contributed by atoms with van der Waals surface area (Å²) in [6.07, 6.45) is -0.673. The summed E-state index contributed by atoms with van der Waals surface area (Å²) in [5, 5.41) is 11.2. The summed E-state index contributed by atoms with van der Waals surface area (Å²) in [6.45, 7) is 3.37. The summed E-state index contributed by atoms with van der Waals surface area (Å²) >= 11 is 0. The predicted octanol–water partition coefficient (Wildman–Crippen LogP) is -1.63. The Morgan fingerprint density at radius 3 is 2.57 bits per heavy atom. The topological polar surface area (TPSA) is 102 Å². The van der Waals surface area contributed by atoms with Crippen molar-refractivity contribution in [2.75, 3.05) is 13.2 Å². The van der Waals surface area contributed by atoms with Crippen LogP contribution in [0.4, 0.5) is 0 Å². The Balaban J connectivity index is 3.92. The number of esters is 1. The summed E-state index contributed by atoms with van der Waals surface area (Å²) in [5.41, 5.74) is 5.26. The van der Waals surface area contributed by atoms with Crippen molar-refractivity contribution < 1.29 is 19.4 Å². The summed E-state index contributed by atoms with van der Waals surface area (Å²) < 4.78 is 4.54. The van der Waals surface area contributed by atoms with E-state index in [4.69, 9.17) is 10.8 Å². The van der Waals surface area contributed by atoms with Gasteiger partial charge >= 0.3 is 5.97 Å². The SMILES string of the molecule is CCOC(=O)C(N)C(=O)NC[C@H](C)O. The maximum absolute atomic E-state index is 11.1. The van der Waals surface area contributed by atoms with Crippen LogP contribution in [0.1, 0.15) is 13.8 Å². The van der Waals surface area contributed by atoms with Crippen molar-refractivity contribution in [3.8, 4) is 0 Å². The summed E-state index contributed by atoms with van der Waals surface area (Å²) in [7, 11) is 0. The zero-order valence-electron chi connectivity index (χ0n) is 8.32. The Morgan fingerprint density at radius 2 is 2.14 bits per heavy atom. The first-order valence-corrected chi connectivity index (χ1v) is 4.37. The molecule has 0 fully saturated rings. The third-order valence-corrected chi connectivity index (χ3v) is 1.39. The van der Waals surface area contributed by atoms with Gasteiger partial charge in [0.15, 0.2) is 6.04 Å². The van der Waals surface area contributed by atoms with Crippen LogP contribution in [0.3, 0.4) is 0 Å². The molecule has 0 radical (unpaired) electrons. The lowest BCUT2D eigenvalue weighted by Crippen LogP contribution is -2.48. The average molecular weight is 204 g/mol. The molecule has 82 valence electrons. The van der Waals surface area contributed by atoms with Gasteiger partial charge in [-0.05, 0) is 13.8 Å². The van der Waals surface area contributed by atoms with Crippen molar-refractivity contribution in [2.24, 2.45) is 5.73 Å². The first-order chi connectivity index (χ1) is 6.49. The molecule has 0 aliphatic carbocycles. The van der Waals surface area contributed by atoms with E-state index < -0.39 is 24.0 Å². The van der Waals surface area contributed by atoms with Gasteiger partial charge in [0.25, 0.3) is 0 Å². The van der Waals surface area contributed by atoms with Crippen molar-refractivity contribution >= 4 is 11.9 Å². The van der Waals surface area contributed by atoms with Gasteiger partial charge in [0.2, 0.25) is 5.91 Å². The number of rotatable bonds is 5. The molecule has 0 aromatic heterocycles. The molecule has 0 saturated carbocycles. The second kappa shape index (κ2) is 6.33. The molecule has 0 aliphatic heterocycles. The van der Waals surface area contributed by atoms with Gasteiger partial charge in [-0.15, -0.1) is 0 Å². The number of nitrogens with two attached hydrogens (primary N) is 1. The van der Waals surface area contributed by atoms with E-state index >= 15 is 0 Å². The zero-order chi connectivity index (χ0) is 11.1. The smallest absolute Gasteiger partial charge is 0.332 e. The fourth-order valence-corrected chi connectivity index (χ4v) is 0.697. The molecule has 6 heteroatoms. The molecule has 0 rings (SSSR count). The predicted molar refractivity (Wildman–Crippen MR) is 49.3 cm³/mol. The fourth-order valence-electron chi connectivity index (χ4n) is 0.697. The molecule has 14 heavy (non-hydrogen) atoms. The van der Waals surface area contributed by atoms with E-state index in [0.717, 1.165) is 0 Å². The molecule has 0 aliphatic rings. The average Bonchev–Trinajstić information content (AvgIpc) is 2.13. The number of carbonyl (C=O) groups is 2. The van der Waals surface area contributed by atoms with E-state index in [1.54, 1.807) is 6.92 Å². The van der Waals surface area contributed by atoms with E-state index in [-0.39, 0.29) is 13.2 Å². The quantitative estimate of drug-likeness (QED) is 0.369. The van der Waals surface area contributed by atoms with Gasteiger partial charge in [0, 0.05) is 6.54 Å². The first-order valence-electron chi connectivity index (χ1n) is 4.37. The summed E-state index contributed by atoms with van der Waals surface area (Å²) in [4.78, 5) is 22.1. The van der Waals surface area contributed by atoms with E-state index in [9.17, 15) is 9.59 Å². The maximum Gasteiger partial charge on any atom is 0.332 e. The van der Waals surface area contributed by atoms with Crippen molar-refractivity contribution in [3.63, 3.8) is 0 Å². The number of hydrogen-bond acceptors (Lipinski definition) is 5. The minimum Gasteiger partial charge on any atom is -0.464 e. The molecule has 0 heterocycles. The van der Waals surface area contributed by atoms with Gasteiger partial charge in [-0.2, -0.15) is 0 Å². The highest BCUT2D eigenvalue weighted by molar-refractivity contribution is 6.01. The highest BCUT2D eigenvalue weighted by Crippen LogP contribution is 1.86. The minimum absolute atomic E-state index is 0.0614. The van der Waals surface area contributed by atoms with Gasteiger partial charge in [0.1, 0.15) is 0 Å². The normalized spacial score (nSPS) is 14.3. The molecule has 0 aromatic rings. The molecule has 1 unspecified atom stereocenters. The molecule has 2 atom stereocenters. The molecule has 0 spiro atoms. The molecule has 4 N–H and O–H groups in total. The van der Waals surface area contributed by atoms with E-state index in [1.165, 1.54) is 6.92 Å². The Bertz CT molecular complexity index is 206. The lowest BCUT2D eigenvalue weighted by molar-refractivity contribution is -0.148. The Kier molecular flexibility index (Phi) is 5.82. The third-order valence-electron chi connectivity index (χ3n) is 1.39. The number of nitrogens with one attached hydrogen (secondary N) is 1. The Hall–Kier alpha value is -1.14. The van der Waals surface area contributed by atoms with Crippen LogP contribution in [0.15, 0.2) is 0 Å². The Labute approximate surface area is 82.4 Å². The van der Waals surface area contributed by atoms with Gasteiger partial charge in [-0.25, -0.2) is 4.79 Å². The summed E-state index contributed by atoms with van der Waals surface area (Å²) in [6, 6.07) is -1.33. The molecular weight excluding hydrogens is 188 g/mol. The number of amides is 1. The van der Waals surface area contributed by atoms with Crippen LogP contribution in [0.25, 0.3) is 0 Å². The second-order valence-corrected chi connectivity index (χ2v) is 2.82. The van der Waals surface area contributed by atoms with Crippen molar-refractivity contribution in [2.45, 2.75) is 26.0 Å². The van der Waals surface area contributed by atoms with Crippen LogP contribution >= 0.6 is 0 Å². The van der Waals surface area contributed by atoms with Crippen LogP contribution in [0.5, 0.6) is 0 Å². The molecular formula is C8H16N2O4. The first kappa shape index (κ1) is 12.9. The number of aliphatic hydroxyl groups excluding tert-OH is 1. The van der Waals surface area contributed by atoms with Gasteiger partial charge in [0.05, 0.1) is 12.7 Å². The van der Waals surface area contributed by atoms with Crippen molar-refractivity contribution in [3.05, 3.63) is 0 Å². The maximum atomic E-state index is 11.1. The number of ether oxygens (including phenoxy) is 1. The third kappa shape index (κ3) is 4.78. The lowest BCUT2D eigenvalue weighted by atomic mass is 10.3. The van der Waals surface area contributed by atoms with E-state index in [1.807, 2.05) is 0 Å². The molecule has 0 saturated heterocycles. The van der Waals surface area contributed by atoms with Crippen LogP contribution in [0.2, 0.25) is 0 Å². The minimum atomic E-state index is -1.33. The molecule has 0 aromatic carbocycles. The van der Waals surface area contributed by atoms with Crippen molar-refractivity contribution in [1.82, 2.24) is 5.32 Å². The standard InChI is InChI=1S/C8H16N2O4/c1-3-14-8(13)6(9)7(12)10-4-5(2)11/h5-6,11H,3-4,9H2,1-2H3,(H,10,12)/t5-,6?/m0/s1. The van der Waals surface area contributed by atoms with E-state index in [0.29, 0.717) is 0 Å². The number of aliphatic hydroxyl groups is 1. The van der Waals surface area contributed by atoms with Crippen molar-refractivity contribution in [1.29, 1.82) is 0 Å². The van der Waals surface area contributed by atoms with E-state index in [2.05, 4.69) is 10.1 Å². The lowest BCUT2D eigenvalue weighted by Gasteiger charge is -2.11.